The third-order valence-corrected chi connectivity index (χ3v) is 4.89. The molecule has 0 saturated heterocycles. The average molecular weight is 326 g/mol. The van der Waals surface area contributed by atoms with Gasteiger partial charge in [-0.15, -0.1) is 24.2 Å². The summed E-state index contributed by atoms with van der Waals surface area (Å²) in [4.78, 5) is 5.73. The highest BCUT2D eigenvalue weighted by Crippen LogP contribution is 2.37. The van der Waals surface area contributed by atoms with Crippen LogP contribution in [0.5, 0.6) is 0 Å². The molecule has 0 amide bonds. The van der Waals surface area contributed by atoms with Crippen LogP contribution in [0, 0.1) is 0 Å². The van der Waals surface area contributed by atoms with Gasteiger partial charge in [0.2, 0.25) is 5.89 Å². The van der Waals surface area contributed by atoms with E-state index in [1.807, 2.05) is 18.2 Å². The summed E-state index contributed by atoms with van der Waals surface area (Å²) in [6, 6.07) is 10.2. The van der Waals surface area contributed by atoms with Gasteiger partial charge in [-0.3, -0.25) is 0 Å². The van der Waals surface area contributed by atoms with E-state index in [2.05, 4.69) is 29.2 Å². The van der Waals surface area contributed by atoms with Gasteiger partial charge in [-0.2, -0.15) is 4.98 Å². The summed E-state index contributed by atoms with van der Waals surface area (Å²) >= 11 is 1.71. The minimum Gasteiger partial charge on any atom is -0.338 e. The maximum atomic E-state index is 6.35. The molecule has 0 spiro atoms. The minimum absolute atomic E-state index is 0. The third kappa shape index (κ3) is 3.59. The fraction of sp³-hybridized carbons (Fsp3) is 0.467. The first-order valence-electron chi connectivity index (χ1n) is 7.02. The van der Waals surface area contributed by atoms with Crippen molar-refractivity contribution in [3.05, 3.63) is 42.0 Å². The first-order valence-corrected chi connectivity index (χ1v) is 7.90. The molecule has 1 aliphatic rings. The van der Waals surface area contributed by atoms with Crippen LogP contribution in [0.1, 0.15) is 49.6 Å². The van der Waals surface area contributed by atoms with Crippen LogP contribution in [-0.4, -0.2) is 10.1 Å². The molecule has 0 radical (unpaired) electrons. The lowest BCUT2D eigenvalue weighted by Crippen LogP contribution is -2.34. The maximum absolute atomic E-state index is 6.35. The molecule has 0 aliphatic heterocycles. The van der Waals surface area contributed by atoms with Gasteiger partial charge in [0.15, 0.2) is 5.82 Å². The first-order chi connectivity index (χ1) is 9.67. The van der Waals surface area contributed by atoms with Crippen molar-refractivity contribution < 1.29 is 4.52 Å². The van der Waals surface area contributed by atoms with Gasteiger partial charge in [-0.25, -0.2) is 0 Å². The Labute approximate surface area is 135 Å². The normalized spacial score (nSPS) is 18.2. The lowest BCUT2D eigenvalue weighted by atomic mass is 9.99. The molecule has 1 aromatic carbocycles. The molecule has 1 fully saturated rings. The third-order valence-electron chi connectivity index (χ3n) is 3.79. The highest BCUT2D eigenvalue weighted by Gasteiger charge is 2.36. The molecule has 2 N–H and O–H groups in total. The number of halogens is 1. The van der Waals surface area contributed by atoms with Crippen LogP contribution >= 0.6 is 24.2 Å². The number of aromatic nitrogens is 2. The number of nitrogens with zero attached hydrogens (tertiary/aromatic N) is 2. The molecule has 1 unspecified atom stereocenters. The number of nitrogens with two attached hydrogens (primary N) is 1. The molecule has 1 atom stereocenters. The molecule has 21 heavy (non-hydrogen) atoms. The van der Waals surface area contributed by atoms with E-state index in [-0.39, 0.29) is 23.2 Å². The molecular formula is C15H20ClN3OS. The zero-order valence-corrected chi connectivity index (χ0v) is 13.6. The zero-order chi connectivity index (χ0) is 14.0. The van der Waals surface area contributed by atoms with Gasteiger partial charge in [0, 0.05) is 4.90 Å². The van der Waals surface area contributed by atoms with Gasteiger partial charge in [0.05, 0.1) is 10.8 Å². The molecule has 1 saturated carbocycles. The van der Waals surface area contributed by atoms with Crippen LogP contribution in [0.4, 0.5) is 0 Å². The summed E-state index contributed by atoms with van der Waals surface area (Å²) in [5.74, 6) is 1.33. The summed E-state index contributed by atoms with van der Waals surface area (Å²) in [5.41, 5.74) is 5.98. The summed E-state index contributed by atoms with van der Waals surface area (Å²) in [5, 5.41) is 4.24. The Morgan fingerprint density at radius 2 is 1.90 bits per heavy atom. The Balaban J connectivity index is 0.00000161. The number of rotatable bonds is 4. The quantitative estimate of drug-likeness (QED) is 0.858. The number of hydrogen-bond donors (Lipinski definition) is 1. The first kappa shape index (κ1) is 16.3. The van der Waals surface area contributed by atoms with E-state index in [4.69, 9.17) is 10.3 Å². The van der Waals surface area contributed by atoms with Crippen molar-refractivity contribution in [2.45, 2.75) is 48.3 Å². The topological polar surface area (TPSA) is 64.9 Å². The van der Waals surface area contributed by atoms with Crippen LogP contribution in [-0.2, 0) is 5.54 Å². The van der Waals surface area contributed by atoms with Crippen molar-refractivity contribution in [2.75, 3.05) is 0 Å². The Kier molecular flexibility index (Phi) is 5.30. The van der Waals surface area contributed by atoms with Crippen LogP contribution < -0.4 is 5.73 Å². The molecule has 2 aromatic rings. The number of benzene rings is 1. The largest absolute Gasteiger partial charge is 0.338 e. The van der Waals surface area contributed by atoms with Crippen LogP contribution in [0.25, 0.3) is 0 Å². The Morgan fingerprint density at radius 1 is 1.24 bits per heavy atom. The molecule has 1 heterocycles. The van der Waals surface area contributed by atoms with Crippen LogP contribution in [0.15, 0.2) is 39.8 Å². The average Bonchev–Trinajstić information content (AvgIpc) is 3.09. The second-order valence-electron chi connectivity index (χ2n) is 5.39. The summed E-state index contributed by atoms with van der Waals surface area (Å²) in [6.07, 6.45) is 4.20. The van der Waals surface area contributed by atoms with E-state index < -0.39 is 0 Å². The van der Waals surface area contributed by atoms with Gasteiger partial charge in [-0.05, 0) is 31.9 Å². The van der Waals surface area contributed by atoms with Gasteiger partial charge in [-0.1, -0.05) is 36.2 Å². The second-order valence-corrected chi connectivity index (χ2v) is 6.81. The summed E-state index contributed by atoms with van der Waals surface area (Å²) in [7, 11) is 0. The second kappa shape index (κ2) is 6.81. The Hall–Kier alpha value is -1.04. The molecule has 1 aliphatic carbocycles. The zero-order valence-electron chi connectivity index (χ0n) is 12.0. The van der Waals surface area contributed by atoms with Gasteiger partial charge < -0.3 is 10.3 Å². The maximum Gasteiger partial charge on any atom is 0.239 e. The number of hydrogen-bond acceptors (Lipinski definition) is 5. The van der Waals surface area contributed by atoms with Gasteiger partial charge in [0.1, 0.15) is 0 Å². The summed E-state index contributed by atoms with van der Waals surface area (Å²) in [6.45, 7) is 2.08. The monoisotopic (exact) mass is 325 g/mol. The van der Waals surface area contributed by atoms with Crippen molar-refractivity contribution in [1.82, 2.24) is 10.1 Å². The van der Waals surface area contributed by atoms with Crippen LogP contribution in [0.3, 0.4) is 0 Å². The predicted molar refractivity (Wildman–Crippen MR) is 86.6 cm³/mol. The summed E-state index contributed by atoms with van der Waals surface area (Å²) < 4.78 is 5.41. The lowest BCUT2D eigenvalue weighted by molar-refractivity contribution is 0.349. The van der Waals surface area contributed by atoms with E-state index in [1.165, 1.54) is 4.90 Å². The van der Waals surface area contributed by atoms with Crippen LogP contribution in [0.2, 0.25) is 0 Å². The van der Waals surface area contributed by atoms with E-state index in [1.54, 1.807) is 11.8 Å². The predicted octanol–water partition coefficient (Wildman–Crippen LogP) is 4.07. The standard InChI is InChI=1S/C15H19N3OS.ClH/c1-11(20-12-7-3-2-4-8-12)13-17-14(18-19-13)15(16)9-5-6-10-15;/h2-4,7-8,11H,5-6,9-10,16H2,1H3;1H. The lowest BCUT2D eigenvalue weighted by Gasteiger charge is -2.17. The Bertz CT molecular complexity index is 569. The molecule has 3 rings (SSSR count). The van der Waals surface area contributed by atoms with Crippen molar-refractivity contribution in [1.29, 1.82) is 0 Å². The van der Waals surface area contributed by atoms with Crippen molar-refractivity contribution in [3.63, 3.8) is 0 Å². The smallest absolute Gasteiger partial charge is 0.239 e. The fourth-order valence-electron chi connectivity index (χ4n) is 2.59. The van der Waals surface area contributed by atoms with Gasteiger partial charge >= 0.3 is 0 Å². The number of thioether (sulfide) groups is 1. The molecule has 114 valence electrons. The van der Waals surface area contributed by atoms with E-state index >= 15 is 0 Å². The van der Waals surface area contributed by atoms with Crippen molar-refractivity contribution in [2.24, 2.45) is 5.73 Å². The fourth-order valence-corrected chi connectivity index (χ4v) is 3.50. The van der Waals surface area contributed by atoms with E-state index in [0.717, 1.165) is 25.7 Å². The molecular weight excluding hydrogens is 306 g/mol. The van der Waals surface area contributed by atoms with E-state index in [0.29, 0.717) is 11.7 Å². The van der Waals surface area contributed by atoms with Crippen molar-refractivity contribution >= 4 is 24.2 Å². The van der Waals surface area contributed by atoms with Gasteiger partial charge in [0.25, 0.3) is 0 Å². The Morgan fingerprint density at radius 3 is 2.57 bits per heavy atom. The molecule has 1 aromatic heterocycles. The van der Waals surface area contributed by atoms with E-state index in [9.17, 15) is 0 Å². The highest BCUT2D eigenvalue weighted by molar-refractivity contribution is 7.99. The molecule has 4 nitrogen and oxygen atoms in total. The highest BCUT2D eigenvalue weighted by atomic mass is 35.5. The SMILES string of the molecule is CC(Sc1ccccc1)c1nc(C2(N)CCCC2)no1.Cl. The molecule has 6 heteroatoms. The van der Waals surface area contributed by atoms with Crippen molar-refractivity contribution in [3.8, 4) is 0 Å². The molecule has 0 bridgehead atoms. The minimum atomic E-state index is -0.376.